The van der Waals surface area contributed by atoms with Crippen LogP contribution in [0.2, 0.25) is 0 Å². The highest BCUT2D eigenvalue weighted by Crippen LogP contribution is 2.24. The number of rotatable bonds is 5. The average Bonchev–Trinajstić information content (AvgIpc) is 2.38. The van der Waals surface area contributed by atoms with Gasteiger partial charge in [0.25, 0.3) is 0 Å². The SMILES string of the molecule is COCC(C)NS(=O)(=O)c1ccc(C)c2ncccc12. The second kappa shape index (κ2) is 5.87. The molecule has 0 spiro atoms. The Morgan fingerprint density at radius 2 is 2.10 bits per heavy atom. The second-order valence-electron chi connectivity index (χ2n) is 4.76. The van der Waals surface area contributed by atoms with Gasteiger partial charge in [-0.05, 0) is 37.6 Å². The molecule has 0 bridgehead atoms. The third kappa shape index (κ3) is 2.98. The van der Waals surface area contributed by atoms with Crippen LogP contribution in [0.4, 0.5) is 0 Å². The monoisotopic (exact) mass is 294 g/mol. The molecular weight excluding hydrogens is 276 g/mol. The highest BCUT2D eigenvalue weighted by atomic mass is 32.2. The molecule has 0 amide bonds. The summed E-state index contributed by atoms with van der Waals surface area (Å²) in [5.74, 6) is 0. The van der Waals surface area contributed by atoms with Gasteiger partial charge in [0.1, 0.15) is 0 Å². The number of methoxy groups -OCH3 is 1. The summed E-state index contributed by atoms with van der Waals surface area (Å²) in [5.41, 5.74) is 1.65. The lowest BCUT2D eigenvalue weighted by Gasteiger charge is -2.15. The van der Waals surface area contributed by atoms with Crippen LogP contribution in [0.15, 0.2) is 35.4 Å². The van der Waals surface area contributed by atoms with Crippen molar-refractivity contribution in [3.8, 4) is 0 Å². The molecule has 1 aromatic carbocycles. The largest absolute Gasteiger partial charge is 0.383 e. The molecule has 2 aromatic rings. The molecule has 0 aliphatic carbocycles. The van der Waals surface area contributed by atoms with Crippen LogP contribution in [0.25, 0.3) is 10.9 Å². The molecule has 5 nitrogen and oxygen atoms in total. The maximum Gasteiger partial charge on any atom is 0.241 e. The Bertz CT molecular complexity index is 713. The highest BCUT2D eigenvalue weighted by Gasteiger charge is 2.20. The van der Waals surface area contributed by atoms with Crippen molar-refractivity contribution < 1.29 is 13.2 Å². The molecule has 20 heavy (non-hydrogen) atoms. The highest BCUT2D eigenvalue weighted by molar-refractivity contribution is 7.89. The van der Waals surface area contributed by atoms with Gasteiger partial charge in [-0.2, -0.15) is 0 Å². The minimum Gasteiger partial charge on any atom is -0.383 e. The van der Waals surface area contributed by atoms with Gasteiger partial charge < -0.3 is 4.74 Å². The van der Waals surface area contributed by atoms with Crippen molar-refractivity contribution >= 4 is 20.9 Å². The predicted octanol–water partition coefficient (Wildman–Crippen LogP) is 1.86. The molecule has 6 heteroatoms. The number of nitrogens with zero attached hydrogens (tertiary/aromatic N) is 1. The zero-order valence-electron chi connectivity index (χ0n) is 11.8. The van der Waals surface area contributed by atoms with Crippen LogP contribution in [0.5, 0.6) is 0 Å². The van der Waals surface area contributed by atoms with Gasteiger partial charge in [0.2, 0.25) is 10.0 Å². The quantitative estimate of drug-likeness (QED) is 0.914. The molecule has 0 radical (unpaired) electrons. The van der Waals surface area contributed by atoms with E-state index in [0.29, 0.717) is 17.5 Å². The van der Waals surface area contributed by atoms with Gasteiger partial charge in [-0.15, -0.1) is 0 Å². The summed E-state index contributed by atoms with van der Waals surface area (Å²) in [6.45, 7) is 3.99. The zero-order chi connectivity index (χ0) is 14.8. The normalized spacial score (nSPS) is 13.6. The summed E-state index contributed by atoms with van der Waals surface area (Å²) in [5, 5.41) is 0.629. The summed E-state index contributed by atoms with van der Waals surface area (Å²) in [6, 6.07) is 6.59. The molecule has 0 aliphatic heterocycles. The van der Waals surface area contributed by atoms with Gasteiger partial charge in [0.15, 0.2) is 0 Å². The first-order valence-electron chi connectivity index (χ1n) is 6.31. The number of benzene rings is 1. The molecule has 1 heterocycles. The van der Waals surface area contributed by atoms with Crippen molar-refractivity contribution in [1.82, 2.24) is 9.71 Å². The van der Waals surface area contributed by atoms with Crippen LogP contribution in [0, 0.1) is 6.92 Å². The zero-order valence-corrected chi connectivity index (χ0v) is 12.6. The van der Waals surface area contributed by atoms with Crippen LogP contribution in [0.3, 0.4) is 0 Å². The first-order chi connectivity index (χ1) is 9.45. The minimum atomic E-state index is -3.60. The summed E-state index contributed by atoms with van der Waals surface area (Å²) in [6.07, 6.45) is 1.66. The summed E-state index contributed by atoms with van der Waals surface area (Å²) >= 11 is 0. The molecule has 2 rings (SSSR count). The molecule has 1 aromatic heterocycles. The third-order valence-corrected chi connectivity index (χ3v) is 4.64. The molecule has 0 aliphatic rings. The van der Waals surface area contributed by atoms with Crippen LogP contribution < -0.4 is 4.72 Å². The second-order valence-corrected chi connectivity index (χ2v) is 6.44. The third-order valence-electron chi connectivity index (χ3n) is 2.99. The fourth-order valence-corrected chi connectivity index (χ4v) is 3.56. The molecular formula is C14H18N2O3S. The van der Waals surface area contributed by atoms with Gasteiger partial charge in [0, 0.05) is 24.7 Å². The van der Waals surface area contributed by atoms with E-state index in [1.165, 1.54) is 7.11 Å². The Balaban J connectivity index is 2.50. The van der Waals surface area contributed by atoms with E-state index < -0.39 is 10.0 Å². The number of fused-ring (bicyclic) bond motifs is 1. The predicted molar refractivity (Wildman–Crippen MR) is 78.1 cm³/mol. The summed E-state index contributed by atoms with van der Waals surface area (Å²) in [4.78, 5) is 4.50. The van der Waals surface area contributed by atoms with Gasteiger partial charge in [0.05, 0.1) is 17.0 Å². The Labute approximate surface area is 119 Å². The number of aromatic nitrogens is 1. The van der Waals surface area contributed by atoms with Crippen molar-refractivity contribution in [2.75, 3.05) is 13.7 Å². The maximum atomic E-state index is 12.4. The van der Waals surface area contributed by atoms with E-state index >= 15 is 0 Å². The lowest BCUT2D eigenvalue weighted by atomic mass is 10.1. The Kier molecular flexibility index (Phi) is 4.37. The van der Waals surface area contributed by atoms with Crippen molar-refractivity contribution in [2.45, 2.75) is 24.8 Å². The molecule has 0 saturated carbocycles. The maximum absolute atomic E-state index is 12.4. The van der Waals surface area contributed by atoms with Crippen molar-refractivity contribution in [3.05, 3.63) is 36.0 Å². The smallest absolute Gasteiger partial charge is 0.241 e. The van der Waals surface area contributed by atoms with E-state index in [4.69, 9.17) is 4.74 Å². The van der Waals surface area contributed by atoms with Crippen molar-refractivity contribution in [3.63, 3.8) is 0 Å². The van der Waals surface area contributed by atoms with Crippen molar-refractivity contribution in [1.29, 1.82) is 0 Å². The van der Waals surface area contributed by atoms with Gasteiger partial charge in [-0.25, -0.2) is 13.1 Å². The van der Waals surface area contributed by atoms with Crippen LogP contribution in [-0.4, -0.2) is 33.2 Å². The Morgan fingerprint density at radius 1 is 1.35 bits per heavy atom. The number of hydrogen-bond donors (Lipinski definition) is 1. The first-order valence-corrected chi connectivity index (χ1v) is 7.79. The Hall–Kier alpha value is -1.50. The van der Waals surface area contributed by atoms with E-state index in [-0.39, 0.29) is 10.9 Å². The van der Waals surface area contributed by atoms with E-state index in [0.717, 1.165) is 5.56 Å². The first kappa shape index (κ1) is 14.9. The Morgan fingerprint density at radius 3 is 2.80 bits per heavy atom. The summed E-state index contributed by atoms with van der Waals surface area (Å²) < 4.78 is 32.5. The molecule has 1 unspecified atom stereocenters. The number of nitrogens with one attached hydrogen (secondary N) is 1. The number of sulfonamides is 1. The van der Waals surface area contributed by atoms with E-state index in [1.807, 2.05) is 6.92 Å². The molecule has 0 fully saturated rings. The fourth-order valence-electron chi connectivity index (χ4n) is 2.13. The lowest BCUT2D eigenvalue weighted by Crippen LogP contribution is -2.35. The topological polar surface area (TPSA) is 68.3 Å². The van der Waals surface area contributed by atoms with Crippen LogP contribution in [0.1, 0.15) is 12.5 Å². The van der Waals surface area contributed by atoms with Crippen molar-refractivity contribution in [2.24, 2.45) is 0 Å². The van der Waals surface area contributed by atoms with Gasteiger partial charge in [-0.3, -0.25) is 4.98 Å². The average molecular weight is 294 g/mol. The molecule has 0 saturated heterocycles. The number of aryl methyl sites for hydroxylation is 1. The van der Waals surface area contributed by atoms with Crippen LogP contribution in [-0.2, 0) is 14.8 Å². The van der Waals surface area contributed by atoms with E-state index in [2.05, 4.69) is 9.71 Å². The fraction of sp³-hybridized carbons (Fsp3) is 0.357. The molecule has 1 N–H and O–H groups in total. The summed E-state index contributed by atoms with van der Waals surface area (Å²) in [7, 11) is -2.06. The van der Waals surface area contributed by atoms with E-state index in [1.54, 1.807) is 37.4 Å². The minimum absolute atomic E-state index is 0.245. The number of hydrogen-bond acceptors (Lipinski definition) is 4. The molecule has 1 atom stereocenters. The standard InChI is InChI=1S/C14H18N2O3S/c1-10-6-7-13(12-5-4-8-15-14(10)12)20(17,18)16-11(2)9-19-3/h4-8,11,16H,9H2,1-3H3. The molecule has 108 valence electrons. The number of pyridine rings is 1. The lowest BCUT2D eigenvalue weighted by molar-refractivity contribution is 0.180. The van der Waals surface area contributed by atoms with E-state index in [9.17, 15) is 8.42 Å². The van der Waals surface area contributed by atoms with Crippen LogP contribution >= 0.6 is 0 Å². The van der Waals surface area contributed by atoms with Gasteiger partial charge >= 0.3 is 0 Å². The van der Waals surface area contributed by atoms with Gasteiger partial charge in [-0.1, -0.05) is 6.07 Å². The number of ether oxygens (including phenoxy) is 1.